The quantitative estimate of drug-likeness (QED) is 0.860. The third kappa shape index (κ3) is 4.14. The van der Waals surface area contributed by atoms with Gasteiger partial charge < -0.3 is 5.32 Å². The van der Waals surface area contributed by atoms with Gasteiger partial charge in [-0.2, -0.15) is 0 Å². The normalized spacial score (nSPS) is 13.3. The molecule has 1 atom stereocenters. The first-order chi connectivity index (χ1) is 9.47. The van der Waals surface area contributed by atoms with E-state index in [0.29, 0.717) is 0 Å². The first-order valence-electron chi connectivity index (χ1n) is 6.35. The molecule has 0 bridgehead atoms. The van der Waals surface area contributed by atoms with Crippen molar-refractivity contribution in [2.24, 2.45) is 5.14 Å². The van der Waals surface area contributed by atoms with Gasteiger partial charge in [-0.3, -0.25) is 0 Å². The van der Waals surface area contributed by atoms with Gasteiger partial charge in [0.2, 0.25) is 10.0 Å². The summed E-state index contributed by atoms with van der Waals surface area (Å²) in [6, 6.07) is 11.0. The van der Waals surface area contributed by atoms with Gasteiger partial charge in [-0.05, 0) is 42.5 Å². The van der Waals surface area contributed by atoms with E-state index in [1.165, 1.54) is 4.88 Å². The fraction of sp³-hybridized carbons (Fsp3) is 0.286. The van der Waals surface area contributed by atoms with Crippen LogP contribution in [0.15, 0.2) is 46.7 Å². The molecule has 3 N–H and O–H groups in total. The van der Waals surface area contributed by atoms with Crippen LogP contribution in [-0.4, -0.2) is 15.0 Å². The molecule has 0 aliphatic rings. The summed E-state index contributed by atoms with van der Waals surface area (Å²) in [5.74, 6) is 0. The molecule has 0 saturated carbocycles. The van der Waals surface area contributed by atoms with Crippen LogP contribution in [0.25, 0.3) is 0 Å². The van der Waals surface area contributed by atoms with Crippen molar-refractivity contribution >= 4 is 21.4 Å². The zero-order valence-corrected chi connectivity index (χ0v) is 12.9. The van der Waals surface area contributed by atoms with E-state index in [0.717, 1.165) is 18.5 Å². The maximum absolute atomic E-state index is 11.2. The Morgan fingerprint density at radius 2 is 1.95 bits per heavy atom. The average Bonchev–Trinajstić information content (AvgIpc) is 2.91. The molecule has 4 nitrogen and oxygen atoms in total. The van der Waals surface area contributed by atoms with E-state index in [1.807, 2.05) is 0 Å². The molecule has 0 amide bonds. The molecule has 0 saturated heterocycles. The van der Waals surface area contributed by atoms with Crippen LogP contribution in [0.3, 0.4) is 0 Å². The fourth-order valence-corrected chi connectivity index (χ4v) is 3.16. The molecule has 1 heterocycles. The summed E-state index contributed by atoms with van der Waals surface area (Å²) in [5, 5.41) is 10.6. The van der Waals surface area contributed by atoms with E-state index in [9.17, 15) is 8.42 Å². The number of thiophene rings is 1. The van der Waals surface area contributed by atoms with Crippen LogP contribution >= 0.6 is 11.3 Å². The van der Waals surface area contributed by atoms with Gasteiger partial charge in [0, 0.05) is 17.5 Å². The summed E-state index contributed by atoms with van der Waals surface area (Å²) in [5.41, 5.74) is 1.04. The Morgan fingerprint density at radius 1 is 1.25 bits per heavy atom. The molecule has 0 fully saturated rings. The molecule has 20 heavy (non-hydrogen) atoms. The molecule has 1 aromatic heterocycles. The number of hydrogen-bond donors (Lipinski definition) is 2. The molecule has 0 radical (unpaired) electrons. The topological polar surface area (TPSA) is 72.2 Å². The lowest BCUT2D eigenvalue weighted by Gasteiger charge is -2.14. The zero-order valence-electron chi connectivity index (χ0n) is 11.2. The second kappa shape index (κ2) is 6.49. The molecule has 108 valence electrons. The molecule has 2 aromatic rings. The minimum Gasteiger partial charge on any atom is -0.310 e. The number of sulfonamides is 1. The molecule has 1 aromatic carbocycles. The largest absolute Gasteiger partial charge is 0.310 e. The molecular formula is C14H18N2O2S2. The van der Waals surface area contributed by atoms with E-state index in [4.69, 9.17) is 5.14 Å². The standard InChI is InChI=1S/C14H18N2O2S2/c1-11(16-9-8-13-3-2-10-19-13)12-4-6-14(7-5-12)20(15,17)18/h2-7,10-11,16H,8-9H2,1H3,(H2,15,17,18). The molecule has 0 spiro atoms. The Hall–Kier alpha value is -1.21. The fourth-order valence-electron chi connectivity index (χ4n) is 1.93. The van der Waals surface area contributed by atoms with Crippen molar-refractivity contribution in [1.82, 2.24) is 5.32 Å². The Balaban J connectivity index is 1.90. The summed E-state index contributed by atoms with van der Waals surface area (Å²) in [6.07, 6.45) is 0.997. The molecule has 6 heteroatoms. The molecule has 0 aliphatic carbocycles. The molecule has 2 rings (SSSR count). The van der Waals surface area contributed by atoms with Gasteiger partial charge in [0.1, 0.15) is 0 Å². The first-order valence-corrected chi connectivity index (χ1v) is 8.78. The monoisotopic (exact) mass is 310 g/mol. The van der Waals surface area contributed by atoms with Gasteiger partial charge in [0.25, 0.3) is 0 Å². The lowest BCUT2D eigenvalue weighted by molar-refractivity contribution is 0.577. The highest BCUT2D eigenvalue weighted by molar-refractivity contribution is 7.89. The summed E-state index contributed by atoms with van der Waals surface area (Å²) >= 11 is 1.75. The Labute approximate surface area is 123 Å². The highest BCUT2D eigenvalue weighted by Gasteiger charge is 2.09. The van der Waals surface area contributed by atoms with Crippen LogP contribution in [0.4, 0.5) is 0 Å². The maximum atomic E-state index is 11.2. The van der Waals surface area contributed by atoms with Gasteiger partial charge in [-0.1, -0.05) is 18.2 Å². The van der Waals surface area contributed by atoms with Crippen LogP contribution in [0, 0.1) is 0 Å². The van der Waals surface area contributed by atoms with E-state index in [1.54, 1.807) is 35.6 Å². The van der Waals surface area contributed by atoms with Crippen molar-refractivity contribution in [2.75, 3.05) is 6.54 Å². The van der Waals surface area contributed by atoms with Crippen molar-refractivity contribution in [2.45, 2.75) is 24.3 Å². The minimum atomic E-state index is -3.61. The number of primary sulfonamides is 1. The van der Waals surface area contributed by atoms with Crippen LogP contribution in [0.2, 0.25) is 0 Å². The van der Waals surface area contributed by atoms with E-state index in [-0.39, 0.29) is 10.9 Å². The van der Waals surface area contributed by atoms with Gasteiger partial charge in [0.05, 0.1) is 4.90 Å². The molecular weight excluding hydrogens is 292 g/mol. The van der Waals surface area contributed by atoms with Crippen LogP contribution in [0.5, 0.6) is 0 Å². The van der Waals surface area contributed by atoms with Gasteiger partial charge in [-0.15, -0.1) is 11.3 Å². The second-order valence-corrected chi connectivity index (χ2v) is 7.21. The van der Waals surface area contributed by atoms with Crippen LogP contribution in [0.1, 0.15) is 23.4 Å². The number of hydrogen-bond acceptors (Lipinski definition) is 4. The van der Waals surface area contributed by atoms with Gasteiger partial charge >= 0.3 is 0 Å². The minimum absolute atomic E-state index is 0.145. The van der Waals surface area contributed by atoms with Crippen molar-refractivity contribution < 1.29 is 8.42 Å². The zero-order chi connectivity index (χ0) is 14.6. The van der Waals surface area contributed by atoms with Crippen molar-refractivity contribution in [3.05, 3.63) is 52.2 Å². The van der Waals surface area contributed by atoms with Crippen molar-refractivity contribution in [3.8, 4) is 0 Å². The lowest BCUT2D eigenvalue weighted by atomic mass is 10.1. The van der Waals surface area contributed by atoms with Crippen LogP contribution < -0.4 is 10.5 Å². The SMILES string of the molecule is CC(NCCc1cccs1)c1ccc(S(N)(=O)=O)cc1. The third-order valence-electron chi connectivity index (χ3n) is 3.11. The smallest absolute Gasteiger partial charge is 0.238 e. The number of nitrogens with two attached hydrogens (primary N) is 1. The van der Waals surface area contributed by atoms with Crippen molar-refractivity contribution in [1.29, 1.82) is 0 Å². The number of nitrogens with one attached hydrogen (secondary N) is 1. The first kappa shape index (κ1) is 15.2. The highest BCUT2D eigenvalue weighted by Crippen LogP contribution is 2.16. The average molecular weight is 310 g/mol. The highest BCUT2D eigenvalue weighted by atomic mass is 32.2. The second-order valence-electron chi connectivity index (χ2n) is 4.62. The summed E-state index contributed by atoms with van der Waals surface area (Å²) in [6.45, 7) is 2.94. The Kier molecular flexibility index (Phi) is 4.93. The lowest BCUT2D eigenvalue weighted by Crippen LogP contribution is -2.21. The summed E-state index contributed by atoms with van der Waals surface area (Å²) in [4.78, 5) is 1.50. The molecule has 0 aliphatic heterocycles. The summed E-state index contributed by atoms with van der Waals surface area (Å²) < 4.78 is 22.4. The van der Waals surface area contributed by atoms with E-state index < -0.39 is 10.0 Å². The Morgan fingerprint density at radius 3 is 2.50 bits per heavy atom. The van der Waals surface area contributed by atoms with E-state index >= 15 is 0 Å². The predicted molar refractivity (Wildman–Crippen MR) is 82.3 cm³/mol. The van der Waals surface area contributed by atoms with Crippen molar-refractivity contribution in [3.63, 3.8) is 0 Å². The summed E-state index contributed by atoms with van der Waals surface area (Å²) in [7, 11) is -3.61. The van der Waals surface area contributed by atoms with Gasteiger partial charge in [0.15, 0.2) is 0 Å². The Bertz CT molecular complexity index is 634. The van der Waals surface area contributed by atoms with Gasteiger partial charge in [-0.25, -0.2) is 13.6 Å². The third-order valence-corrected chi connectivity index (χ3v) is 4.98. The van der Waals surface area contributed by atoms with Crippen LogP contribution in [-0.2, 0) is 16.4 Å². The number of benzene rings is 1. The van der Waals surface area contributed by atoms with E-state index in [2.05, 4.69) is 29.8 Å². The predicted octanol–water partition coefficient (Wildman–Crippen LogP) is 2.29. The maximum Gasteiger partial charge on any atom is 0.238 e. The molecule has 1 unspecified atom stereocenters. The number of rotatable bonds is 6.